The fourth-order valence-corrected chi connectivity index (χ4v) is 4.62. The summed E-state index contributed by atoms with van der Waals surface area (Å²) in [6, 6.07) is 7.79. The fourth-order valence-electron chi connectivity index (χ4n) is 4.62. The maximum atomic E-state index is 12.6. The lowest BCUT2D eigenvalue weighted by atomic mass is 9.51. The molecule has 1 amide bonds. The van der Waals surface area contributed by atoms with Crippen molar-refractivity contribution in [3.63, 3.8) is 0 Å². The number of carbonyl (C=O) groups excluding carboxylic acids is 1. The summed E-state index contributed by atoms with van der Waals surface area (Å²) in [7, 11) is 0. The molecule has 1 N–H and O–H groups in total. The molecule has 29 heavy (non-hydrogen) atoms. The molecule has 2 bridgehead atoms. The second kappa shape index (κ2) is 8.36. The Labute approximate surface area is 168 Å². The zero-order valence-corrected chi connectivity index (χ0v) is 16.6. The van der Waals surface area contributed by atoms with Gasteiger partial charge in [0.1, 0.15) is 18.9 Å². The Morgan fingerprint density at radius 1 is 1.10 bits per heavy atom. The number of ether oxygens (including phenoxy) is 1. The summed E-state index contributed by atoms with van der Waals surface area (Å²) >= 11 is 0. The van der Waals surface area contributed by atoms with Crippen LogP contribution in [-0.4, -0.2) is 25.2 Å². The predicted octanol–water partition coefficient (Wildman–Crippen LogP) is 5.60. The van der Waals surface area contributed by atoms with Crippen LogP contribution in [0.2, 0.25) is 0 Å². The van der Waals surface area contributed by atoms with Gasteiger partial charge in [-0.2, -0.15) is 13.2 Å². The average Bonchev–Trinajstić information content (AvgIpc) is 2.74. The Balaban J connectivity index is 1.61. The van der Waals surface area contributed by atoms with Crippen molar-refractivity contribution in [1.29, 1.82) is 0 Å². The number of nitrogens with one attached hydrogen (secondary N) is 1. The first-order valence-corrected chi connectivity index (χ1v) is 10.1. The highest BCUT2D eigenvalue weighted by Crippen LogP contribution is 2.57. The smallest absolute Gasteiger partial charge is 0.405 e. The maximum absolute atomic E-state index is 12.6. The van der Waals surface area contributed by atoms with Crippen molar-refractivity contribution >= 4 is 5.91 Å². The monoisotopic (exact) mass is 413 g/mol. The molecule has 0 aromatic heterocycles. The van der Waals surface area contributed by atoms with E-state index in [9.17, 15) is 22.4 Å². The van der Waals surface area contributed by atoms with Gasteiger partial charge in [-0.3, -0.25) is 4.79 Å². The Morgan fingerprint density at radius 2 is 1.69 bits per heavy atom. The minimum absolute atomic E-state index is 0.0298. The normalized spacial score (nSPS) is 27.0. The van der Waals surface area contributed by atoms with Gasteiger partial charge in [-0.25, -0.2) is 4.39 Å². The molecule has 3 nitrogen and oxygen atoms in total. The number of benzene rings is 1. The van der Waals surface area contributed by atoms with Gasteiger partial charge in [0.2, 0.25) is 5.91 Å². The van der Waals surface area contributed by atoms with E-state index in [1.165, 1.54) is 5.56 Å². The van der Waals surface area contributed by atoms with Crippen molar-refractivity contribution in [2.75, 3.05) is 13.2 Å². The van der Waals surface area contributed by atoms with Crippen LogP contribution >= 0.6 is 0 Å². The number of hydrogen-bond acceptors (Lipinski definition) is 2. The highest BCUT2D eigenvalue weighted by Gasteiger charge is 2.53. The van der Waals surface area contributed by atoms with E-state index in [0.717, 1.165) is 19.3 Å². The molecule has 0 radical (unpaired) electrons. The van der Waals surface area contributed by atoms with Gasteiger partial charge < -0.3 is 10.1 Å². The van der Waals surface area contributed by atoms with E-state index < -0.39 is 24.0 Å². The molecular weight excluding hydrogens is 386 g/mol. The molecule has 4 rings (SSSR count). The molecule has 0 unspecified atom stereocenters. The van der Waals surface area contributed by atoms with Crippen molar-refractivity contribution in [3.8, 4) is 5.75 Å². The molecule has 0 saturated heterocycles. The van der Waals surface area contributed by atoms with Crippen LogP contribution in [0.1, 0.15) is 57.4 Å². The molecule has 0 heterocycles. The van der Waals surface area contributed by atoms with Crippen molar-refractivity contribution in [1.82, 2.24) is 5.32 Å². The van der Waals surface area contributed by atoms with Gasteiger partial charge in [-0.1, -0.05) is 19.1 Å². The largest absolute Gasteiger partial charge is 0.489 e. The van der Waals surface area contributed by atoms with Crippen LogP contribution in [0.5, 0.6) is 5.75 Å². The predicted molar refractivity (Wildman–Crippen MR) is 102 cm³/mol. The number of amides is 1. The lowest BCUT2D eigenvalue weighted by molar-refractivity contribution is -0.149. The summed E-state index contributed by atoms with van der Waals surface area (Å²) in [5.41, 5.74) is 1.07. The lowest BCUT2D eigenvalue weighted by Crippen LogP contribution is -2.52. The second-order valence-electron chi connectivity index (χ2n) is 8.29. The summed E-state index contributed by atoms with van der Waals surface area (Å²) in [6.45, 7) is 0.817. The topological polar surface area (TPSA) is 38.3 Å². The Bertz CT molecular complexity index is 731. The maximum Gasteiger partial charge on any atom is 0.405 e. The van der Waals surface area contributed by atoms with Crippen molar-refractivity contribution in [2.24, 2.45) is 5.41 Å². The Hall–Kier alpha value is -2.05. The molecule has 3 aliphatic carbocycles. The molecule has 3 saturated carbocycles. The van der Waals surface area contributed by atoms with Crippen LogP contribution in [-0.2, 0) is 10.2 Å². The van der Waals surface area contributed by atoms with Crippen LogP contribution in [0.3, 0.4) is 0 Å². The Kier molecular flexibility index (Phi) is 6.24. The van der Waals surface area contributed by atoms with Gasteiger partial charge in [-0.05, 0) is 73.6 Å². The highest BCUT2D eigenvalue weighted by atomic mass is 19.4. The second-order valence-corrected chi connectivity index (χ2v) is 8.29. The number of alkyl halides is 3. The van der Waals surface area contributed by atoms with Gasteiger partial charge in [0.25, 0.3) is 0 Å². The lowest BCUT2D eigenvalue weighted by Gasteiger charge is -2.52. The molecule has 7 heteroatoms. The van der Waals surface area contributed by atoms with Crippen LogP contribution < -0.4 is 10.1 Å². The van der Waals surface area contributed by atoms with Crippen LogP contribution in [0, 0.1) is 5.41 Å². The van der Waals surface area contributed by atoms with Gasteiger partial charge in [0.15, 0.2) is 0 Å². The zero-order valence-electron chi connectivity index (χ0n) is 16.6. The zero-order chi connectivity index (χ0) is 21.1. The van der Waals surface area contributed by atoms with Crippen LogP contribution in [0.15, 0.2) is 36.2 Å². The third-order valence-corrected chi connectivity index (χ3v) is 6.68. The first-order chi connectivity index (χ1) is 13.7. The molecule has 0 atom stereocenters. The minimum atomic E-state index is -4.39. The van der Waals surface area contributed by atoms with Gasteiger partial charge in [-0.15, -0.1) is 0 Å². The van der Waals surface area contributed by atoms with Crippen molar-refractivity contribution < 1.29 is 27.1 Å². The molecule has 0 spiro atoms. The molecule has 3 fully saturated rings. The molecule has 0 aliphatic heterocycles. The van der Waals surface area contributed by atoms with E-state index in [1.807, 2.05) is 31.2 Å². The first-order valence-electron chi connectivity index (χ1n) is 10.1. The van der Waals surface area contributed by atoms with E-state index in [-0.39, 0.29) is 12.0 Å². The summed E-state index contributed by atoms with van der Waals surface area (Å²) < 4.78 is 55.5. The van der Waals surface area contributed by atoms with Crippen molar-refractivity contribution in [2.45, 2.75) is 63.5 Å². The first kappa shape index (κ1) is 21.7. The summed E-state index contributed by atoms with van der Waals surface area (Å²) in [5, 5.41) is 2.09. The molecule has 160 valence electrons. The van der Waals surface area contributed by atoms with E-state index in [2.05, 4.69) is 5.32 Å². The number of hydrogen-bond donors (Lipinski definition) is 1. The standard InChI is InChI=1S/C22H27F4NO2/c1-2-16(13-23)14-29-18-5-3-17(4-6-18)20-7-10-21(11-8-20,12-9-20)19(28)27-15-22(24,25)26/h3-6,13H,2,7-12,14-15H2,1H3,(H,27,28)/b16-13+. The number of carbonyl (C=O) groups is 1. The molecule has 1 aromatic rings. The third kappa shape index (κ3) is 4.75. The van der Waals surface area contributed by atoms with Gasteiger partial charge in [0, 0.05) is 5.41 Å². The van der Waals surface area contributed by atoms with E-state index in [0.29, 0.717) is 43.3 Å². The number of rotatable bonds is 7. The van der Waals surface area contributed by atoms with E-state index in [1.54, 1.807) is 0 Å². The van der Waals surface area contributed by atoms with Crippen LogP contribution in [0.25, 0.3) is 0 Å². The quantitative estimate of drug-likeness (QED) is 0.591. The molecule has 3 aliphatic rings. The van der Waals surface area contributed by atoms with E-state index in [4.69, 9.17) is 4.74 Å². The highest BCUT2D eigenvalue weighted by molar-refractivity contribution is 5.83. The summed E-state index contributed by atoms with van der Waals surface area (Å²) in [4.78, 5) is 12.4. The molecule has 1 aromatic carbocycles. The number of fused-ring (bicyclic) bond motifs is 3. The minimum Gasteiger partial charge on any atom is -0.489 e. The SMILES string of the molecule is CC/C(=C\F)COc1ccc(C23CCC(C(=O)NCC(F)(F)F)(CC2)CC3)cc1. The summed E-state index contributed by atoms with van der Waals surface area (Å²) in [5.74, 6) is 0.213. The Morgan fingerprint density at radius 3 is 2.17 bits per heavy atom. The summed E-state index contributed by atoms with van der Waals surface area (Å²) in [6.07, 6.45) is 0.972. The van der Waals surface area contributed by atoms with Gasteiger partial charge in [0.05, 0.1) is 6.33 Å². The van der Waals surface area contributed by atoms with Crippen LogP contribution in [0.4, 0.5) is 17.6 Å². The average molecular weight is 413 g/mol. The fraction of sp³-hybridized carbons (Fsp3) is 0.591. The van der Waals surface area contributed by atoms with Gasteiger partial charge >= 0.3 is 6.18 Å². The molecular formula is C22H27F4NO2. The third-order valence-electron chi connectivity index (χ3n) is 6.68. The van der Waals surface area contributed by atoms with E-state index >= 15 is 0 Å². The number of halogens is 4. The van der Waals surface area contributed by atoms with Crippen molar-refractivity contribution in [3.05, 3.63) is 41.7 Å².